The molecule has 2 nitrogen and oxygen atoms in total. The van der Waals surface area contributed by atoms with E-state index in [1.807, 2.05) is 0 Å². The van der Waals surface area contributed by atoms with Gasteiger partial charge in [0.15, 0.2) is 0 Å². The number of hydrogen-bond acceptors (Lipinski definition) is 2. The normalized spacial score (nSPS) is 13.0. The van der Waals surface area contributed by atoms with Crippen LogP contribution in [-0.4, -0.2) is 12.2 Å². The first-order chi connectivity index (χ1) is 4.74. The molecule has 0 radical (unpaired) electrons. The quantitative estimate of drug-likeness (QED) is 0.461. The molecule has 0 aliphatic rings. The maximum absolute atomic E-state index is 8.99. The minimum Gasteiger partial charge on any atom is -0.508 e. The molecule has 0 saturated heterocycles. The van der Waals surface area contributed by atoms with Gasteiger partial charge in [0.05, 0.1) is 0 Å². The lowest BCUT2D eigenvalue weighted by Gasteiger charge is -1.97. The Labute approximate surface area is 61.6 Å². The van der Waals surface area contributed by atoms with Crippen LogP contribution in [0.1, 0.15) is 6.92 Å². The van der Waals surface area contributed by atoms with Crippen LogP contribution in [0.3, 0.4) is 0 Å². The van der Waals surface area contributed by atoms with Crippen molar-refractivity contribution in [1.29, 1.82) is 0 Å². The van der Waals surface area contributed by atoms with Crippen molar-refractivity contribution in [2.24, 2.45) is 0 Å². The third-order valence-corrected chi connectivity index (χ3v) is 1.11. The number of aliphatic hydroxyl groups is 1. The van der Waals surface area contributed by atoms with E-state index in [1.165, 1.54) is 0 Å². The van der Waals surface area contributed by atoms with Crippen molar-refractivity contribution in [3.63, 3.8) is 0 Å². The molecule has 0 rings (SSSR count). The second kappa shape index (κ2) is 4.68. The van der Waals surface area contributed by atoms with Crippen LogP contribution in [0.2, 0.25) is 0 Å². The van der Waals surface area contributed by atoms with E-state index in [1.54, 1.807) is 32.2 Å². The van der Waals surface area contributed by atoms with E-state index in [4.69, 9.17) is 5.11 Å². The van der Waals surface area contributed by atoms with Crippen molar-refractivity contribution in [3.05, 3.63) is 36.3 Å². The largest absolute Gasteiger partial charge is 0.508 e. The number of rotatable bonds is 3. The summed E-state index contributed by atoms with van der Waals surface area (Å²) in [4.78, 5) is 0. The van der Waals surface area contributed by atoms with Crippen LogP contribution in [0.4, 0.5) is 0 Å². The Bertz CT molecular complexity index is 168. The van der Waals surface area contributed by atoms with Crippen molar-refractivity contribution in [2.45, 2.75) is 6.92 Å². The molecule has 0 fully saturated rings. The molecule has 0 aliphatic carbocycles. The Morgan fingerprint density at radius 3 is 2.50 bits per heavy atom. The molecule has 0 spiro atoms. The molecule has 0 atom stereocenters. The van der Waals surface area contributed by atoms with Crippen LogP contribution in [0.25, 0.3) is 0 Å². The lowest BCUT2D eigenvalue weighted by atomic mass is 10.3. The van der Waals surface area contributed by atoms with Crippen molar-refractivity contribution in [1.82, 2.24) is 5.32 Å². The summed E-state index contributed by atoms with van der Waals surface area (Å²) in [5, 5.41) is 11.8. The van der Waals surface area contributed by atoms with E-state index in [2.05, 4.69) is 11.9 Å². The predicted octanol–water partition coefficient (Wildman–Crippen LogP) is 1.74. The average molecular weight is 139 g/mol. The van der Waals surface area contributed by atoms with Gasteiger partial charge in [-0.2, -0.15) is 0 Å². The highest BCUT2D eigenvalue weighted by atomic mass is 16.3. The van der Waals surface area contributed by atoms with Crippen molar-refractivity contribution in [2.75, 3.05) is 7.05 Å². The molecule has 0 unspecified atom stereocenters. The summed E-state index contributed by atoms with van der Waals surface area (Å²) in [6.07, 6.45) is 4.85. The van der Waals surface area contributed by atoms with Gasteiger partial charge in [0.25, 0.3) is 0 Å². The summed E-state index contributed by atoms with van der Waals surface area (Å²) in [5.74, 6) is 0.240. The molecule has 0 aliphatic heterocycles. The van der Waals surface area contributed by atoms with Crippen LogP contribution in [-0.2, 0) is 0 Å². The summed E-state index contributed by atoms with van der Waals surface area (Å²) in [7, 11) is 1.77. The summed E-state index contributed by atoms with van der Waals surface area (Å²) in [6, 6.07) is 0. The molecule has 0 aromatic heterocycles. The highest BCUT2D eigenvalue weighted by Gasteiger charge is 1.86. The van der Waals surface area contributed by atoms with E-state index >= 15 is 0 Å². The lowest BCUT2D eigenvalue weighted by molar-refractivity contribution is 0.430. The molecule has 2 N–H and O–H groups in total. The highest BCUT2D eigenvalue weighted by molar-refractivity contribution is 5.22. The van der Waals surface area contributed by atoms with Gasteiger partial charge in [-0.15, -0.1) is 0 Å². The first-order valence-corrected chi connectivity index (χ1v) is 3.11. The Morgan fingerprint density at radius 1 is 1.60 bits per heavy atom. The number of nitrogens with one attached hydrogen (secondary N) is 1. The van der Waals surface area contributed by atoms with Crippen LogP contribution < -0.4 is 5.32 Å². The van der Waals surface area contributed by atoms with E-state index in [0.29, 0.717) is 0 Å². The zero-order valence-corrected chi connectivity index (χ0v) is 6.39. The first-order valence-electron chi connectivity index (χ1n) is 3.11. The molecular weight excluding hydrogens is 126 g/mol. The molecule has 0 bridgehead atoms. The molecule has 0 aromatic rings. The topological polar surface area (TPSA) is 32.3 Å². The van der Waals surface area contributed by atoms with Gasteiger partial charge < -0.3 is 10.4 Å². The summed E-state index contributed by atoms with van der Waals surface area (Å²) >= 11 is 0. The number of allylic oxidation sites excluding steroid dienone is 3. The second-order valence-electron chi connectivity index (χ2n) is 1.77. The van der Waals surface area contributed by atoms with E-state index in [0.717, 1.165) is 5.70 Å². The fourth-order valence-corrected chi connectivity index (χ4v) is 0.476. The van der Waals surface area contributed by atoms with Crippen LogP contribution >= 0.6 is 0 Å². The Hall–Kier alpha value is -1.18. The zero-order valence-electron chi connectivity index (χ0n) is 6.39. The zero-order chi connectivity index (χ0) is 7.98. The average Bonchev–Trinajstić information content (AvgIpc) is 1.99. The second-order valence-corrected chi connectivity index (χ2v) is 1.77. The predicted molar refractivity (Wildman–Crippen MR) is 43.7 cm³/mol. The minimum absolute atomic E-state index is 0.240. The van der Waals surface area contributed by atoms with Gasteiger partial charge in [0, 0.05) is 18.8 Å². The summed E-state index contributed by atoms with van der Waals surface area (Å²) in [6.45, 7) is 5.32. The summed E-state index contributed by atoms with van der Waals surface area (Å²) < 4.78 is 0. The highest BCUT2D eigenvalue weighted by Crippen LogP contribution is 1.95. The maximum Gasteiger partial charge on any atom is 0.113 e. The third kappa shape index (κ3) is 2.97. The molecule has 56 valence electrons. The molecule has 2 heteroatoms. The SMILES string of the molecule is C=C/C(=C\C(O)=C/C)NC. The monoisotopic (exact) mass is 139 g/mol. The van der Waals surface area contributed by atoms with Crippen LogP contribution in [0, 0.1) is 0 Å². The summed E-state index contributed by atoms with van der Waals surface area (Å²) in [5.41, 5.74) is 0.801. The molecule has 0 heterocycles. The van der Waals surface area contributed by atoms with Crippen LogP contribution in [0.5, 0.6) is 0 Å². The number of likely N-dealkylation sites (N-methyl/N-ethyl adjacent to an activating group) is 1. The van der Waals surface area contributed by atoms with Gasteiger partial charge in [0.1, 0.15) is 5.76 Å². The van der Waals surface area contributed by atoms with E-state index in [-0.39, 0.29) is 5.76 Å². The van der Waals surface area contributed by atoms with Crippen molar-refractivity contribution in [3.8, 4) is 0 Å². The molecular formula is C8H13NO. The third-order valence-electron chi connectivity index (χ3n) is 1.11. The van der Waals surface area contributed by atoms with Crippen LogP contribution in [0.15, 0.2) is 36.3 Å². The fourth-order valence-electron chi connectivity index (χ4n) is 0.476. The molecule has 10 heavy (non-hydrogen) atoms. The van der Waals surface area contributed by atoms with E-state index < -0.39 is 0 Å². The Morgan fingerprint density at radius 2 is 2.20 bits per heavy atom. The van der Waals surface area contributed by atoms with Crippen molar-refractivity contribution < 1.29 is 5.11 Å². The van der Waals surface area contributed by atoms with Crippen molar-refractivity contribution >= 4 is 0 Å². The molecule has 0 saturated carbocycles. The smallest absolute Gasteiger partial charge is 0.113 e. The standard InChI is InChI=1S/C8H13NO/c1-4-7(9-3)6-8(10)5-2/h4-6,9-10H,1H2,2-3H3/b7-6+,8-5+. The van der Waals surface area contributed by atoms with E-state index in [9.17, 15) is 0 Å². The van der Waals surface area contributed by atoms with Gasteiger partial charge in [-0.25, -0.2) is 0 Å². The fraction of sp³-hybridized carbons (Fsp3) is 0.250. The molecule has 0 aromatic carbocycles. The van der Waals surface area contributed by atoms with Gasteiger partial charge in [-0.05, 0) is 19.1 Å². The number of hydrogen-bond donors (Lipinski definition) is 2. The maximum atomic E-state index is 8.99. The van der Waals surface area contributed by atoms with Gasteiger partial charge >= 0.3 is 0 Å². The minimum atomic E-state index is 0.240. The first kappa shape index (κ1) is 8.82. The lowest BCUT2D eigenvalue weighted by Crippen LogP contribution is -2.02. The Kier molecular flexibility index (Phi) is 4.12. The van der Waals surface area contributed by atoms with Gasteiger partial charge in [-0.3, -0.25) is 0 Å². The Balaban J connectivity index is 4.24. The van der Waals surface area contributed by atoms with Gasteiger partial charge in [0.2, 0.25) is 0 Å². The molecule has 0 amide bonds. The number of aliphatic hydroxyl groups excluding tert-OH is 1. The van der Waals surface area contributed by atoms with Gasteiger partial charge in [-0.1, -0.05) is 6.58 Å².